The molecule has 5 heteroatoms. The Labute approximate surface area is 186 Å². The summed E-state index contributed by atoms with van der Waals surface area (Å²) in [7, 11) is 0. The molecule has 0 aliphatic carbocycles. The number of nitrogens with one attached hydrogen (secondary N) is 2. The van der Waals surface area contributed by atoms with Crippen molar-refractivity contribution in [3.8, 4) is 0 Å². The molecule has 5 nitrogen and oxygen atoms in total. The number of carbonyl (C=O) groups is 1. The van der Waals surface area contributed by atoms with E-state index in [1.165, 1.54) is 16.2 Å². The smallest absolute Gasteiger partial charge is 0.280 e. The molecule has 0 bridgehead atoms. The summed E-state index contributed by atoms with van der Waals surface area (Å²) in [5, 5.41) is 0. The number of anilines is 1. The van der Waals surface area contributed by atoms with Crippen molar-refractivity contribution in [3.63, 3.8) is 0 Å². The zero-order chi connectivity index (χ0) is 21.5. The second kappa shape index (κ2) is 10.6. The predicted octanol–water partition coefficient (Wildman–Crippen LogP) is 0.221. The summed E-state index contributed by atoms with van der Waals surface area (Å²) in [5.41, 5.74) is 2.52. The molecule has 2 aromatic carbocycles. The lowest BCUT2D eigenvalue weighted by Crippen LogP contribution is -3.30. The largest absolute Gasteiger partial charge is 0.368 e. The molecular formula is C26H36N4O+2. The Hall–Kier alpha value is -2.63. The number of para-hydroxylation sites is 1. The number of hydrogen-bond donors (Lipinski definition) is 2. The van der Waals surface area contributed by atoms with Gasteiger partial charge < -0.3 is 19.6 Å². The summed E-state index contributed by atoms with van der Waals surface area (Å²) in [6.45, 7) is 11.1. The number of rotatable bonds is 6. The van der Waals surface area contributed by atoms with Crippen molar-refractivity contribution in [2.45, 2.75) is 13.0 Å². The van der Waals surface area contributed by atoms with Crippen LogP contribution in [-0.2, 0) is 4.79 Å². The molecule has 1 amide bonds. The monoisotopic (exact) mass is 420 g/mol. The summed E-state index contributed by atoms with van der Waals surface area (Å²) in [5.74, 6) is 0.329. The first-order valence-corrected chi connectivity index (χ1v) is 11.7. The van der Waals surface area contributed by atoms with E-state index in [1.807, 2.05) is 0 Å². The van der Waals surface area contributed by atoms with Gasteiger partial charge in [-0.05, 0) is 30.7 Å². The summed E-state index contributed by atoms with van der Waals surface area (Å²) in [6, 6.07) is 21.1. The van der Waals surface area contributed by atoms with Crippen LogP contribution in [0.1, 0.15) is 12.5 Å². The van der Waals surface area contributed by atoms with Crippen molar-refractivity contribution in [2.24, 2.45) is 0 Å². The topological polar surface area (TPSA) is 32.4 Å². The van der Waals surface area contributed by atoms with Crippen LogP contribution in [0.25, 0.3) is 6.08 Å². The predicted molar refractivity (Wildman–Crippen MR) is 126 cm³/mol. The minimum atomic E-state index is 0.0599. The molecule has 0 unspecified atom stereocenters. The van der Waals surface area contributed by atoms with Crippen molar-refractivity contribution >= 4 is 17.7 Å². The number of nitrogens with zero attached hydrogens (tertiary/aromatic N) is 2. The van der Waals surface area contributed by atoms with Crippen LogP contribution in [0.15, 0.2) is 66.7 Å². The van der Waals surface area contributed by atoms with Crippen LogP contribution in [0, 0.1) is 0 Å². The molecule has 2 heterocycles. The highest BCUT2D eigenvalue weighted by atomic mass is 16.2. The van der Waals surface area contributed by atoms with E-state index < -0.39 is 0 Å². The van der Waals surface area contributed by atoms with Crippen molar-refractivity contribution < 1.29 is 14.6 Å². The van der Waals surface area contributed by atoms with Crippen molar-refractivity contribution in [1.29, 1.82) is 0 Å². The molecule has 2 fully saturated rings. The van der Waals surface area contributed by atoms with E-state index in [0.29, 0.717) is 5.91 Å². The third-order valence-electron chi connectivity index (χ3n) is 6.81. The minimum Gasteiger partial charge on any atom is -0.368 e. The molecule has 0 spiro atoms. The number of quaternary nitrogens is 2. The average Bonchev–Trinajstić information content (AvgIpc) is 2.85. The summed E-state index contributed by atoms with van der Waals surface area (Å²) in [4.78, 5) is 20.7. The lowest BCUT2D eigenvalue weighted by Gasteiger charge is -2.39. The first kappa shape index (κ1) is 21.6. The van der Waals surface area contributed by atoms with Gasteiger partial charge in [0.25, 0.3) is 5.91 Å². The molecule has 0 aromatic heterocycles. The highest BCUT2D eigenvalue weighted by molar-refractivity contribution is 5.80. The molecule has 0 saturated carbocycles. The Morgan fingerprint density at radius 2 is 1.52 bits per heavy atom. The Morgan fingerprint density at radius 3 is 2.16 bits per heavy atom. The number of piperazine rings is 2. The maximum absolute atomic E-state index is 13.1. The van der Waals surface area contributed by atoms with Crippen LogP contribution in [0.4, 0.5) is 5.69 Å². The summed E-state index contributed by atoms with van der Waals surface area (Å²) >= 11 is 0. The normalized spacial score (nSPS) is 23.1. The summed E-state index contributed by atoms with van der Waals surface area (Å²) < 4.78 is 0. The highest BCUT2D eigenvalue weighted by Crippen LogP contribution is 2.15. The average molecular weight is 421 g/mol. The maximum atomic E-state index is 13.1. The zero-order valence-electron chi connectivity index (χ0n) is 18.7. The first-order chi connectivity index (χ1) is 15.2. The van der Waals surface area contributed by atoms with Crippen LogP contribution < -0.4 is 14.7 Å². The second-order valence-corrected chi connectivity index (χ2v) is 8.79. The zero-order valence-corrected chi connectivity index (χ0v) is 18.7. The standard InChI is InChI=1S/C26H34N4O/c1-23(26(31)30-21-19-29(20-22-30)25-12-6-3-7-13-25)28-17-15-27(16-18-28)14-8-11-24-9-4-2-5-10-24/h2-13,23H,14-22H2,1H3/p+2/b11-8+/t23-/m1/s1. The number of amides is 1. The van der Waals surface area contributed by atoms with E-state index in [4.69, 9.17) is 0 Å². The van der Waals surface area contributed by atoms with Gasteiger partial charge in [-0.1, -0.05) is 54.6 Å². The van der Waals surface area contributed by atoms with E-state index in [0.717, 1.165) is 58.9 Å². The van der Waals surface area contributed by atoms with Gasteiger partial charge in [0, 0.05) is 31.9 Å². The third kappa shape index (κ3) is 5.75. The van der Waals surface area contributed by atoms with Gasteiger partial charge in [0.2, 0.25) is 0 Å². The Kier molecular flexibility index (Phi) is 7.39. The number of hydrogen-bond acceptors (Lipinski definition) is 2. The third-order valence-corrected chi connectivity index (χ3v) is 6.81. The number of carbonyl (C=O) groups excluding carboxylic acids is 1. The van der Waals surface area contributed by atoms with Gasteiger partial charge in [0.15, 0.2) is 6.04 Å². The van der Waals surface area contributed by atoms with E-state index in [1.54, 1.807) is 4.90 Å². The molecule has 2 aromatic rings. The molecule has 2 aliphatic heterocycles. The highest BCUT2D eigenvalue weighted by Gasteiger charge is 2.34. The Bertz CT molecular complexity index is 838. The van der Waals surface area contributed by atoms with Crippen molar-refractivity contribution in [1.82, 2.24) is 4.90 Å². The molecule has 1 atom stereocenters. The lowest BCUT2D eigenvalue weighted by molar-refractivity contribution is -1.02. The van der Waals surface area contributed by atoms with E-state index >= 15 is 0 Å². The first-order valence-electron chi connectivity index (χ1n) is 11.7. The molecular weight excluding hydrogens is 384 g/mol. The molecule has 164 valence electrons. The summed E-state index contributed by atoms with van der Waals surface area (Å²) in [6.07, 6.45) is 4.50. The quantitative estimate of drug-likeness (QED) is 0.701. The number of benzene rings is 2. The van der Waals surface area contributed by atoms with Crippen LogP contribution in [0.5, 0.6) is 0 Å². The molecule has 2 aliphatic rings. The van der Waals surface area contributed by atoms with Crippen molar-refractivity contribution in [2.75, 3.05) is 63.8 Å². The van der Waals surface area contributed by atoms with Gasteiger partial charge in [-0.15, -0.1) is 0 Å². The van der Waals surface area contributed by atoms with Crippen LogP contribution >= 0.6 is 0 Å². The van der Waals surface area contributed by atoms with E-state index in [2.05, 4.69) is 89.5 Å². The maximum Gasteiger partial charge on any atom is 0.280 e. The second-order valence-electron chi connectivity index (χ2n) is 8.79. The van der Waals surface area contributed by atoms with E-state index in [9.17, 15) is 4.79 Å². The molecule has 31 heavy (non-hydrogen) atoms. The van der Waals surface area contributed by atoms with Gasteiger partial charge in [-0.2, -0.15) is 0 Å². The SMILES string of the molecule is C[C@H](C(=O)N1CCN(c2ccccc2)CC1)[NH+]1CC[NH+](C/C=C/c2ccccc2)CC1. The lowest BCUT2D eigenvalue weighted by atomic mass is 10.1. The van der Waals surface area contributed by atoms with Gasteiger partial charge in [0.1, 0.15) is 26.2 Å². The minimum absolute atomic E-state index is 0.0599. The van der Waals surface area contributed by atoms with Gasteiger partial charge in [-0.25, -0.2) is 0 Å². The van der Waals surface area contributed by atoms with E-state index in [-0.39, 0.29) is 6.04 Å². The van der Waals surface area contributed by atoms with Crippen LogP contribution in [0.2, 0.25) is 0 Å². The van der Waals surface area contributed by atoms with Gasteiger partial charge >= 0.3 is 0 Å². The molecule has 4 rings (SSSR count). The van der Waals surface area contributed by atoms with Gasteiger partial charge in [0.05, 0.1) is 6.54 Å². The fraction of sp³-hybridized carbons (Fsp3) is 0.423. The van der Waals surface area contributed by atoms with Crippen molar-refractivity contribution in [3.05, 3.63) is 72.3 Å². The molecule has 2 N–H and O–H groups in total. The molecule has 0 radical (unpaired) electrons. The van der Waals surface area contributed by atoms with Gasteiger partial charge in [-0.3, -0.25) is 4.79 Å². The Balaban J connectivity index is 1.20. The van der Waals surface area contributed by atoms with Crippen LogP contribution in [-0.4, -0.2) is 75.8 Å². The Morgan fingerprint density at radius 1 is 0.903 bits per heavy atom. The fourth-order valence-corrected chi connectivity index (χ4v) is 4.76. The molecule has 2 saturated heterocycles. The fourth-order valence-electron chi connectivity index (χ4n) is 4.76. The van der Waals surface area contributed by atoms with Crippen LogP contribution in [0.3, 0.4) is 0 Å².